The summed E-state index contributed by atoms with van der Waals surface area (Å²) in [5, 5.41) is 0. The molecule has 134 valence electrons. The van der Waals surface area contributed by atoms with Gasteiger partial charge < -0.3 is 10.5 Å². The molecule has 1 aliphatic heterocycles. The fourth-order valence-corrected chi connectivity index (χ4v) is 4.11. The first-order chi connectivity index (χ1) is 11.1. The van der Waals surface area contributed by atoms with Crippen LogP contribution in [0.5, 0.6) is 5.75 Å². The van der Waals surface area contributed by atoms with E-state index in [0.717, 1.165) is 10.4 Å². The summed E-state index contributed by atoms with van der Waals surface area (Å²) in [5.74, 6) is -2.24. The summed E-state index contributed by atoms with van der Waals surface area (Å²) in [6.07, 6.45) is -4.90. The van der Waals surface area contributed by atoms with Gasteiger partial charge in [-0.25, -0.2) is 8.42 Å². The number of carbonyl (C=O) groups is 1. The van der Waals surface area contributed by atoms with Gasteiger partial charge in [-0.2, -0.15) is 17.5 Å². The van der Waals surface area contributed by atoms with E-state index in [1.807, 2.05) is 0 Å². The van der Waals surface area contributed by atoms with E-state index in [2.05, 4.69) is 0 Å². The number of hydrogen-bond donors (Lipinski definition) is 1. The Balaban J connectivity index is 2.26. The van der Waals surface area contributed by atoms with Crippen LogP contribution in [-0.2, 0) is 10.0 Å². The summed E-state index contributed by atoms with van der Waals surface area (Å²) in [6.45, 7) is -0.463. The number of amides is 1. The number of benzene rings is 1. The number of piperidine rings is 1. The van der Waals surface area contributed by atoms with E-state index < -0.39 is 28.0 Å². The minimum atomic E-state index is -4.32. The molecule has 0 aromatic heterocycles. The minimum absolute atomic E-state index is 0.108. The van der Waals surface area contributed by atoms with Crippen LogP contribution in [0.2, 0.25) is 0 Å². The average Bonchev–Trinajstić information content (AvgIpc) is 2.53. The van der Waals surface area contributed by atoms with Crippen LogP contribution in [-0.4, -0.2) is 45.0 Å². The predicted octanol–water partition coefficient (Wildman–Crippen LogP) is 1.76. The number of sulfonamides is 1. The van der Waals surface area contributed by atoms with E-state index in [1.165, 1.54) is 19.2 Å². The first kappa shape index (κ1) is 18.5. The standard InChI is InChI=1S/C14H17F3N2O4S/c1-23-12-3-2-10(8-11(12)13(18)20)24(21,22)19-6-4-9(5-7-19)14(15,16)17/h2-3,8-9H,4-7H2,1H3,(H2,18,20). The lowest BCUT2D eigenvalue weighted by Crippen LogP contribution is -2.42. The molecule has 1 saturated heterocycles. The number of nitrogens with zero attached hydrogens (tertiary/aromatic N) is 1. The lowest BCUT2D eigenvalue weighted by atomic mass is 9.98. The van der Waals surface area contributed by atoms with E-state index in [4.69, 9.17) is 10.5 Å². The fraction of sp³-hybridized carbons (Fsp3) is 0.500. The Hall–Kier alpha value is -1.81. The number of halogens is 3. The van der Waals surface area contributed by atoms with Gasteiger partial charge in [0.25, 0.3) is 5.91 Å². The molecule has 6 nitrogen and oxygen atoms in total. The summed E-state index contributed by atoms with van der Waals surface area (Å²) < 4.78 is 69.1. The molecule has 0 saturated carbocycles. The van der Waals surface area contributed by atoms with E-state index in [1.54, 1.807) is 0 Å². The molecule has 0 atom stereocenters. The lowest BCUT2D eigenvalue weighted by Gasteiger charge is -2.32. The molecule has 0 unspecified atom stereocenters. The second kappa shape index (κ2) is 6.60. The molecule has 0 spiro atoms. The summed E-state index contributed by atoms with van der Waals surface area (Å²) in [5.41, 5.74) is 5.09. The Morgan fingerprint density at radius 2 is 1.88 bits per heavy atom. The molecule has 1 fully saturated rings. The maximum Gasteiger partial charge on any atom is 0.391 e. The normalized spacial score (nSPS) is 17.7. The Morgan fingerprint density at radius 3 is 2.33 bits per heavy atom. The molecule has 1 heterocycles. The number of rotatable bonds is 4. The van der Waals surface area contributed by atoms with Crippen LogP contribution in [0.1, 0.15) is 23.2 Å². The smallest absolute Gasteiger partial charge is 0.391 e. The molecule has 1 aromatic rings. The number of nitrogens with two attached hydrogens (primary N) is 1. The van der Waals surface area contributed by atoms with Crippen molar-refractivity contribution in [3.63, 3.8) is 0 Å². The van der Waals surface area contributed by atoms with E-state index >= 15 is 0 Å². The lowest BCUT2D eigenvalue weighted by molar-refractivity contribution is -0.182. The number of primary amides is 1. The van der Waals surface area contributed by atoms with Gasteiger partial charge in [0.1, 0.15) is 5.75 Å². The van der Waals surface area contributed by atoms with Crippen LogP contribution in [0.25, 0.3) is 0 Å². The topological polar surface area (TPSA) is 89.7 Å². The van der Waals surface area contributed by atoms with Gasteiger partial charge >= 0.3 is 6.18 Å². The Bertz CT molecular complexity index is 726. The van der Waals surface area contributed by atoms with Gasteiger partial charge in [0, 0.05) is 13.1 Å². The summed E-state index contributed by atoms with van der Waals surface area (Å²) in [7, 11) is -2.71. The second-order valence-electron chi connectivity index (χ2n) is 5.45. The highest BCUT2D eigenvalue weighted by Gasteiger charge is 2.43. The number of ether oxygens (including phenoxy) is 1. The van der Waals surface area contributed by atoms with Gasteiger partial charge in [0.2, 0.25) is 10.0 Å². The van der Waals surface area contributed by atoms with Crippen molar-refractivity contribution in [1.29, 1.82) is 0 Å². The summed E-state index contributed by atoms with van der Waals surface area (Å²) in [4.78, 5) is 11.2. The van der Waals surface area contributed by atoms with Crippen molar-refractivity contribution in [2.24, 2.45) is 11.7 Å². The maximum atomic E-state index is 12.7. The van der Waals surface area contributed by atoms with Crippen molar-refractivity contribution < 1.29 is 31.1 Å². The third-order valence-corrected chi connectivity index (χ3v) is 5.89. The number of hydrogen-bond acceptors (Lipinski definition) is 4. The first-order valence-electron chi connectivity index (χ1n) is 7.12. The molecule has 24 heavy (non-hydrogen) atoms. The second-order valence-corrected chi connectivity index (χ2v) is 7.38. The van der Waals surface area contributed by atoms with Crippen molar-refractivity contribution in [2.75, 3.05) is 20.2 Å². The Kier molecular flexibility index (Phi) is 5.09. The number of methoxy groups -OCH3 is 1. The molecule has 1 amide bonds. The SMILES string of the molecule is COc1ccc(S(=O)(=O)N2CCC(C(F)(F)F)CC2)cc1C(N)=O. The zero-order valence-corrected chi connectivity index (χ0v) is 13.7. The molecular weight excluding hydrogens is 349 g/mol. The molecule has 10 heteroatoms. The van der Waals surface area contributed by atoms with Gasteiger partial charge in [-0.1, -0.05) is 0 Å². The van der Waals surface area contributed by atoms with Crippen LogP contribution in [0, 0.1) is 5.92 Å². The zero-order chi connectivity index (χ0) is 18.1. The number of carbonyl (C=O) groups excluding carboxylic acids is 1. The van der Waals surface area contributed by atoms with Gasteiger partial charge in [-0.05, 0) is 31.0 Å². The van der Waals surface area contributed by atoms with Gasteiger partial charge in [-0.3, -0.25) is 4.79 Å². The summed E-state index contributed by atoms with van der Waals surface area (Å²) >= 11 is 0. The average molecular weight is 366 g/mol. The Labute approximate surface area is 137 Å². The number of alkyl halides is 3. The quantitative estimate of drug-likeness (QED) is 0.879. The van der Waals surface area contributed by atoms with Crippen molar-refractivity contribution >= 4 is 15.9 Å². The predicted molar refractivity (Wildman–Crippen MR) is 79.0 cm³/mol. The molecule has 0 aliphatic carbocycles. The van der Waals surface area contributed by atoms with E-state index in [0.29, 0.717) is 0 Å². The van der Waals surface area contributed by atoms with E-state index in [-0.39, 0.29) is 42.1 Å². The van der Waals surface area contributed by atoms with Crippen molar-refractivity contribution in [3.05, 3.63) is 23.8 Å². The van der Waals surface area contributed by atoms with Gasteiger partial charge in [0.05, 0.1) is 23.5 Å². The van der Waals surface area contributed by atoms with Crippen LogP contribution in [0.15, 0.2) is 23.1 Å². The van der Waals surface area contributed by atoms with E-state index in [9.17, 15) is 26.4 Å². The van der Waals surface area contributed by atoms with Crippen LogP contribution >= 0.6 is 0 Å². The van der Waals surface area contributed by atoms with Crippen molar-refractivity contribution in [3.8, 4) is 5.75 Å². The molecular formula is C14H17F3N2O4S. The van der Waals surface area contributed by atoms with Gasteiger partial charge in [-0.15, -0.1) is 0 Å². The molecule has 0 bridgehead atoms. The largest absolute Gasteiger partial charge is 0.496 e. The fourth-order valence-electron chi connectivity index (χ4n) is 2.61. The highest BCUT2D eigenvalue weighted by Crippen LogP contribution is 2.35. The van der Waals surface area contributed by atoms with Gasteiger partial charge in [0.15, 0.2) is 0 Å². The first-order valence-corrected chi connectivity index (χ1v) is 8.56. The molecule has 2 rings (SSSR count). The molecule has 1 aromatic carbocycles. The Morgan fingerprint density at radius 1 is 1.29 bits per heavy atom. The van der Waals surface area contributed by atoms with Crippen molar-refractivity contribution in [1.82, 2.24) is 4.31 Å². The summed E-state index contributed by atoms with van der Waals surface area (Å²) in [6, 6.07) is 3.60. The zero-order valence-electron chi connectivity index (χ0n) is 12.8. The highest BCUT2D eigenvalue weighted by atomic mass is 32.2. The third kappa shape index (κ3) is 3.64. The highest BCUT2D eigenvalue weighted by molar-refractivity contribution is 7.89. The van der Waals surface area contributed by atoms with Crippen LogP contribution in [0.4, 0.5) is 13.2 Å². The molecule has 2 N–H and O–H groups in total. The van der Waals surface area contributed by atoms with Crippen molar-refractivity contribution in [2.45, 2.75) is 23.9 Å². The molecule has 0 radical (unpaired) electrons. The monoisotopic (exact) mass is 366 g/mol. The van der Waals surface area contributed by atoms with Crippen LogP contribution in [0.3, 0.4) is 0 Å². The minimum Gasteiger partial charge on any atom is -0.496 e. The molecule has 1 aliphatic rings. The van der Waals surface area contributed by atoms with Crippen LogP contribution < -0.4 is 10.5 Å². The maximum absolute atomic E-state index is 12.7. The third-order valence-electron chi connectivity index (χ3n) is 3.99.